The topological polar surface area (TPSA) is 17.8 Å². The molecule has 5 heteroatoms. The lowest BCUT2D eigenvalue weighted by molar-refractivity contribution is 0.138. The Bertz CT molecular complexity index is 628. The van der Waals surface area contributed by atoms with Crippen LogP contribution in [0.25, 0.3) is 11.0 Å². The molecular weight excluding hydrogens is 331 g/mol. The van der Waals surface area contributed by atoms with E-state index < -0.39 is 0 Å². The van der Waals surface area contributed by atoms with Gasteiger partial charge in [-0.1, -0.05) is 6.92 Å². The summed E-state index contributed by atoms with van der Waals surface area (Å²) in [6.45, 7) is 2.20. The normalized spacial score (nSPS) is 17.7. The van der Waals surface area contributed by atoms with Gasteiger partial charge in [-0.25, -0.2) is 9.37 Å². The predicted molar refractivity (Wildman–Crippen MR) is 79.1 cm³/mol. The Balaban J connectivity index is 2.29. The highest BCUT2D eigenvalue weighted by atomic mass is 79.9. The average molecular weight is 346 g/mol. The van der Waals surface area contributed by atoms with E-state index in [0.29, 0.717) is 15.9 Å². The summed E-state index contributed by atoms with van der Waals surface area (Å²) in [5.74, 6) is 0.920. The molecule has 0 unspecified atom stereocenters. The molecule has 1 aromatic heterocycles. The van der Waals surface area contributed by atoms with Gasteiger partial charge in [-0.2, -0.15) is 0 Å². The van der Waals surface area contributed by atoms with E-state index in [1.165, 1.54) is 12.5 Å². The maximum Gasteiger partial charge on any atom is 0.139 e. The van der Waals surface area contributed by atoms with Gasteiger partial charge in [0.25, 0.3) is 0 Å². The smallest absolute Gasteiger partial charge is 0.139 e. The van der Waals surface area contributed by atoms with E-state index in [4.69, 9.17) is 11.6 Å². The quantitative estimate of drug-likeness (QED) is 0.718. The van der Waals surface area contributed by atoms with E-state index >= 15 is 0 Å². The first-order valence-electron chi connectivity index (χ1n) is 6.54. The van der Waals surface area contributed by atoms with Crippen LogP contribution in [0.4, 0.5) is 4.39 Å². The largest absolute Gasteiger partial charge is 0.321 e. The molecule has 19 heavy (non-hydrogen) atoms. The molecule has 0 spiro atoms. The van der Waals surface area contributed by atoms with Crippen LogP contribution in [0.5, 0.6) is 0 Å². The fraction of sp³-hybridized carbons (Fsp3) is 0.500. The lowest BCUT2D eigenvalue weighted by Crippen LogP contribution is -2.40. The summed E-state index contributed by atoms with van der Waals surface area (Å²) in [7, 11) is 0. The van der Waals surface area contributed by atoms with Crippen molar-refractivity contribution in [3.63, 3.8) is 0 Å². The van der Waals surface area contributed by atoms with Crippen LogP contribution in [0, 0.1) is 5.82 Å². The Morgan fingerprint density at radius 2 is 2.21 bits per heavy atom. The number of aromatic nitrogens is 2. The molecule has 0 bridgehead atoms. The van der Waals surface area contributed by atoms with Crippen LogP contribution in [-0.4, -0.2) is 9.55 Å². The van der Waals surface area contributed by atoms with Crippen LogP contribution >= 0.6 is 27.5 Å². The van der Waals surface area contributed by atoms with E-state index in [-0.39, 0.29) is 11.4 Å². The third kappa shape index (κ3) is 1.91. The van der Waals surface area contributed by atoms with Crippen molar-refractivity contribution < 1.29 is 4.39 Å². The second kappa shape index (κ2) is 4.74. The highest BCUT2D eigenvalue weighted by molar-refractivity contribution is 9.10. The van der Waals surface area contributed by atoms with E-state index in [0.717, 1.165) is 30.6 Å². The fourth-order valence-electron chi connectivity index (χ4n) is 3.06. The summed E-state index contributed by atoms with van der Waals surface area (Å²) in [6, 6.07) is 3.30. The number of halogens is 3. The Morgan fingerprint density at radius 1 is 1.47 bits per heavy atom. The molecule has 0 saturated heterocycles. The zero-order valence-corrected chi connectivity index (χ0v) is 13.1. The zero-order valence-electron chi connectivity index (χ0n) is 10.7. The number of benzene rings is 1. The average Bonchev–Trinajstić information content (AvgIpc) is 2.68. The van der Waals surface area contributed by atoms with Gasteiger partial charge in [0.1, 0.15) is 11.6 Å². The van der Waals surface area contributed by atoms with Gasteiger partial charge in [-0.3, -0.25) is 0 Å². The molecule has 1 aliphatic carbocycles. The first-order valence-corrected chi connectivity index (χ1v) is 7.87. The lowest BCUT2D eigenvalue weighted by atomic mass is 9.74. The van der Waals surface area contributed by atoms with Gasteiger partial charge in [-0.05, 0) is 47.7 Å². The van der Waals surface area contributed by atoms with Crippen molar-refractivity contribution >= 4 is 38.6 Å². The third-order valence-electron chi connectivity index (χ3n) is 4.30. The molecule has 0 N–H and O–H groups in total. The molecular formula is C14H15BrClFN2. The van der Waals surface area contributed by atoms with Crippen molar-refractivity contribution in [1.29, 1.82) is 0 Å². The molecule has 1 saturated carbocycles. The minimum atomic E-state index is -0.280. The van der Waals surface area contributed by atoms with Crippen molar-refractivity contribution in [2.24, 2.45) is 0 Å². The van der Waals surface area contributed by atoms with Gasteiger partial charge in [0, 0.05) is 11.6 Å². The van der Waals surface area contributed by atoms with E-state index in [9.17, 15) is 4.39 Å². The lowest BCUT2D eigenvalue weighted by Gasteiger charge is -2.44. The standard InChI is InChI=1S/C14H15BrClFN2/c1-2-14(4-3-5-14)19-12-6-9(15)10(17)7-11(12)18-13(19)8-16/h6-7H,2-5,8H2,1H3. The molecule has 2 nitrogen and oxygen atoms in total. The monoisotopic (exact) mass is 344 g/mol. The van der Waals surface area contributed by atoms with Crippen molar-refractivity contribution in [2.45, 2.75) is 44.0 Å². The first kappa shape index (κ1) is 13.4. The van der Waals surface area contributed by atoms with Gasteiger partial charge in [-0.15, -0.1) is 11.6 Å². The highest BCUT2D eigenvalue weighted by Gasteiger charge is 2.39. The summed E-state index contributed by atoms with van der Waals surface area (Å²) in [5.41, 5.74) is 1.79. The number of hydrogen-bond donors (Lipinski definition) is 0. The molecule has 0 radical (unpaired) electrons. The van der Waals surface area contributed by atoms with Crippen LogP contribution < -0.4 is 0 Å². The van der Waals surface area contributed by atoms with Crippen molar-refractivity contribution in [1.82, 2.24) is 9.55 Å². The first-order chi connectivity index (χ1) is 9.11. The Morgan fingerprint density at radius 3 is 2.74 bits per heavy atom. The molecule has 0 atom stereocenters. The van der Waals surface area contributed by atoms with Crippen molar-refractivity contribution in [2.75, 3.05) is 0 Å². The Labute approximate surface area is 125 Å². The number of alkyl halides is 1. The van der Waals surface area contributed by atoms with Crippen LogP contribution in [0.2, 0.25) is 0 Å². The maximum absolute atomic E-state index is 13.6. The fourth-order valence-corrected chi connectivity index (χ4v) is 3.57. The maximum atomic E-state index is 13.6. The molecule has 1 aliphatic rings. The van der Waals surface area contributed by atoms with Gasteiger partial charge in [0.05, 0.1) is 21.4 Å². The second-order valence-corrected chi connectivity index (χ2v) is 6.31. The van der Waals surface area contributed by atoms with Gasteiger partial charge in [0.15, 0.2) is 0 Å². The second-order valence-electron chi connectivity index (χ2n) is 5.18. The zero-order chi connectivity index (χ0) is 13.6. The minimum Gasteiger partial charge on any atom is -0.321 e. The summed E-state index contributed by atoms with van der Waals surface area (Å²) in [5, 5.41) is 0. The molecule has 0 amide bonds. The van der Waals surface area contributed by atoms with E-state index in [2.05, 4.69) is 32.4 Å². The van der Waals surface area contributed by atoms with E-state index in [1.54, 1.807) is 0 Å². The number of nitrogens with zero attached hydrogens (tertiary/aromatic N) is 2. The van der Waals surface area contributed by atoms with Gasteiger partial charge in [0.2, 0.25) is 0 Å². The van der Waals surface area contributed by atoms with Gasteiger partial charge < -0.3 is 4.57 Å². The van der Waals surface area contributed by atoms with E-state index in [1.807, 2.05) is 6.07 Å². The van der Waals surface area contributed by atoms with Crippen LogP contribution in [-0.2, 0) is 11.4 Å². The minimum absolute atomic E-state index is 0.121. The van der Waals surface area contributed by atoms with Crippen LogP contribution in [0.15, 0.2) is 16.6 Å². The number of fused-ring (bicyclic) bond motifs is 1. The van der Waals surface area contributed by atoms with Crippen LogP contribution in [0.3, 0.4) is 0 Å². The molecule has 2 aromatic rings. The Kier molecular flexibility index (Phi) is 3.34. The summed E-state index contributed by atoms with van der Waals surface area (Å²) in [6.07, 6.45) is 4.58. The summed E-state index contributed by atoms with van der Waals surface area (Å²) in [4.78, 5) is 4.50. The highest BCUT2D eigenvalue weighted by Crippen LogP contribution is 2.45. The molecule has 102 valence electrons. The number of rotatable bonds is 3. The van der Waals surface area contributed by atoms with Gasteiger partial charge >= 0.3 is 0 Å². The summed E-state index contributed by atoms with van der Waals surface area (Å²) >= 11 is 9.30. The summed E-state index contributed by atoms with van der Waals surface area (Å²) < 4.78 is 16.4. The predicted octanol–water partition coefficient (Wildman–Crippen LogP) is 4.97. The molecule has 3 rings (SSSR count). The van der Waals surface area contributed by atoms with Crippen LogP contribution in [0.1, 0.15) is 38.4 Å². The Hall–Kier alpha value is -0.610. The molecule has 1 heterocycles. The molecule has 1 aromatic carbocycles. The molecule has 1 fully saturated rings. The number of imidazole rings is 1. The molecule has 0 aliphatic heterocycles. The SMILES string of the molecule is CCC1(n2c(CCl)nc3cc(F)c(Br)cc32)CCC1. The van der Waals surface area contributed by atoms with Crippen molar-refractivity contribution in [3.05, 3.63) is 28.2 Å². The number of hydrogen-bond acceptors (Lipinski definition) is 1. The van der Waals surface area contributed by atoms with Crippen molar-refractivity contribution in [3.8, 4) is 0 Å². The third-order valence-corrected chi connectivity index (χ3v) is 5.15.